The molecule has 0 saturated heterocycles. The molecular formula is C29H29BrN6O2. The first-order valence-electron chi connectivity index (χ1n) is 12.9. The van der Waals surface area contributed by atoms with Gasteiger partial charge in [0.05, 0.1) is 35.3 Å². The zero-order valence-electron chi connectivity index (χ0n) is 21.9. The highest BCUT2D eigenvalue weighted by Crippen LogP contribution is 2.27. The van der Waals surface area contributed by atoms with E-state index in [-0.39, 0.29) is 11.5 Å². The highest BCUT2D eigenvalue weighted by atomic mass is 79.9. The molecule has 6 rings (SSSR count). The Morgan fingerprint density at radius 2 is 1.97 bits per heavy atom. The lowest BCUT2D eigenvalue weighted by molar-refractivity contribution is 0.0729. The number of rotatable bonds is 4. The van der Waals surface area contributed by atoms with Gasteiger partial charge in [0.15, 0.2) is 0 Å². The van der Waals surface area contributed by atoms with Crippen LogP contribution in [0.5, 0.6) is 0 Å². The lowest BCUT2D eigenvalue weighted by Crippen LogP contribution is -2.41. The summed E-state index contributed by atoms with van der Waals surface area (Å²) in [6, 6.07) is 11.6. The Bertz CT molecular complexity index is 1790. The molecule has 1 aliphatic rings. The Balaban J connectivity index is 1.51. The second-order valence-corrected chi connectivity index (χ2v) is 11.4. The predicted molar refractivity (Wildman–Crippen MR) is 151 cm³/mol. The van der Waals surface area contributed by atoms with Gasteiger partial charge in [0.1, 0.15) is 5.65 Å². The highest BCUT2D eigenvalue weighted by molar-refractivity contribution is 9.10. The summed E-state index contributed by atoms with van der Waals surface area (Å²) in [6.45, 7) is 9.05. The molecule has 0 aliphatic carbocycles. The Kier molecular flexibility index (Phi) is 5.98. The summed E-state index contributed by atoms with van der Waals surface area (Å²) >= 11 is 3.51. The van der Waals surface area contributed by atoms with Crippen molar-refractivity contribution in [3.05, 3.63) is 91.1 Å². The number of fused-ring (bicyclic) bond motifs is 4. The molecule has 0 bridgehead atoms. The molecule has 0 atom stereocenters. The predicted octanol–water partition coefficient (Wildman–Crippen LogP) is 5.14. The third-order valence-electron chi connectivity index (χ3n) is 7.38. The van der Waals surface area contributed by atoms with Gasteiger partial charge in [0.2, 0.25) is 0 Å². The summed E-state index contributed by atoms with van der Waals surface area (Å²) in [5, 5.41) is 13.2. The molecule has 4 heterocycles. The number of nitrogens with one attached hydrogen (secondary N) is 1. The zero-order valence-corrected chi connectivity index (χ0v) is 23.5. The standard InChI is InChI=1S/C29H29BrN6O2/c1-16(2)11-20-14-31-36-26-15-34(28(37)19-5-8-24(30)17(3)12-19)10-9-23(26)29(38)35(27(20)36)21-6-7-22-18(4)32-33-25(22)13-21/h5-8,12-14,16H,9-11,15H2,1-4H3,(H,32,33). The number of H-pyrrole nitrogens is 1. The van der Waals surface area contributed by atoms with Gasteiger partial charge in [-0.05, 0) is 74.6 Å². The first-order valence-corrected chi connectivity index (χ1v) is 13.7. The van der Waals surface area contributed by atoms with Gasteiger partial charge in [-0.2, -0.15) is 10.2 Å². The van der Waals surface area contributed by atoms with Gasteiger partial charge >= 0.3 is 0 Å². The molecule has 1 N–H and O–H groups in total. The van der Waals surface area contributed by atoms with Crippen molar-refractivity contribution in [1.82, 2.24) is 29.3 Å². The van der Waals surface area contributed by atoms with Gasteiger partial charge in [-0.1, -0.05) is 29.8 Å². The van der Waals surface area contributed by atoms with E-state index in [9.17, 15) is 9.59 Å². The third-order valence-corrected chi connectivity index (χ3v) is 8.27. The second kappa shape index (κ2) is 9.23. The molecule has 38 heavy (non-hydrogen) atoms. The number of aryl methyl sites for hydroxylation is 2. The summed E-state index contributed by atoms with van der Waals surface area (Å²) in [5.41, 5.74) is 7.42. The number of amides is 1. The average molecular weight is 573 g/mol. The quantitative estimate of drug-likeness (QED) is 0.323. The largest absolute Gasteiger partial charge is 0.332 e. The first-order chi connectivity index (χ1) is 18.2. The van der Waals surface area contributed by atoms with Crippen LogP contribution in [0.2, 0.25) is 0 Å². The summed E-state index contributed by atoms with van der Waals surface area (Å²) in [4.78, 5) is 29.4. The fourth-order valence-corrected chi connectivity index (χ4v) is 5.70. The molecule has 0 fully saturated rings. The Morgan fingerprint density at radius 3 is 2.74 bits per heavy atom. The van der Waals surface area contributed by atoms with Crippen LogP contribution < -0.4 is 5.56 Å². The molecule has 0 saturated carbocycles. The van der Waals surface area contributed by atoms with Crippen molar-refractivity contribution >= 4 is 38.4 Å². The van der Waals surface area contributed by atoms with Gasteiger partial charge in [-0.25, -0.2) is 4.52 Å². The van der Waals surface area contributed by atoms with Crippen molar-refractivity contribution in [3.63, 3.8) is 0 Å². The number of halogens is 1. The van der Waals surface area contributed by atoms with Crippen molar-refractivity contribution in [2.75, 3.05) is 6.54 Å². The minimum Gasteiger partial charge on any atom is -0.332 e. The van der Waals surface area contributed by atoms with Crippen LogP contribution in [0.3, 0.4) is 0 Å². The van der Waals surface area contributed by atoms with Crippen LogP contribution in [0.1, 0.15) is 52.3 Å². The minimum atomic E-state index is -0.0554. The Hall–Kier alpha value is -3.72. The van der Waals surface area contributed by atoms with Crippen LogP contribution in [-0.2, 0) is 19.4 Å². The molecule has 5 aromatic rings. The summed E-state index contributed by atoms with van der Waals surface area (Å²) in [6.07, 6.45) is 3.12. The molecule has 0 radical (unpaired) electrons. The minimum absolute atomic E-state index is 0.0433. The maximum Gasteiger partial charge on any atom is 0.261 e. The molecule has 0 spiro atoms. The lowest BCUT2D eigenvalue weighted by atomic mass is 10.0. The molecule has 194 valence electrons. The molecule has 8 nitrogen and oxygen atoms in total. The van der Waals surface area contributed by atoms with E-state index in [1.54, 1.807) is 4.57 Å². The van der Waals surface area contributed by atoms with Crippen LogP contribution in [-0.4, -0.2) is 41.7 Å². The molecule has 9 heteroatoms. The number of aromatic nitrogens is 5. The van der Waals surface area contributed by atoms with Gasteiger partial charge in [-0.15, -0.1) is 0 Å². The van der Waals surface area contributed by atoms with Gasteiger partial charge in [0, 0.05) is 33.1 Å². The molecule has 0 unspecified atom stereocenters. The second-order valence-electron chi connectivity index (χ2n) is 10.5. The molecule has 3 aromatic heterocycles. The SMILES string of the molecule is Cc1cc(C(=O)N2CCc3c(n4ncc(CC(C)C)c4n(-c4ccc5c(C)n[nH]c5c4)c3=O)C2)ccc1Br. The summed E-state index contributed by atoms with van der Waals surface area (Å²) < 4.78 is 4.63. The highest BCUT2D eigenvalue weighted by Gasteiger charge is 2.29. The van der Waals surface area contributed by atoms with Crippen molar-refractivity contribution in [2.24, 2.45) is 5.92 Å². The van der Waals surface area contributed by atoms with Crippen LogP contribution >= 0.6 is 15.9 Å². The number of carbonyl (C=O) groups is 1. The van der Waals surface area contributed by atoms with Gasteiger partial charge in [0.25, 0.3) is 11.5 Å². The van der Waals surface area contributed by atoms with Crippen molar-refractivity contribution < 1.29 is 4.79 Å². The Labute approximate surface area is 228 Å². The molecule has 1 aliphatic heterocycles. The summed E-state index contributed by atoms with van der Waals surface area (Å²) in [5.74, 6) is 0.345. The van der Waals surface area contributed by atoms with E-state index in [0.29, 0.717) is 36.6 Å². The topological polar surface area (TPSA) is 88.3 Å². The molecular weight excluding hydrogens is 544 g/mol. The maximum absolute atomic E-state index is 14.1. The number of nitrogens with zero attached hydrogens (tertiary/aromatic N) is 5. The smallest absolute Gasteiger partial charge is 0.261 e. The van der Waals surface area contributed by atoms with Gasteiger partial charge in [-0.3, -0.25) is 19.3 Å². The molecule has 2 aromatic carbocycles. The zero-order chi connectivity index (χ0) is 26.7. The number of carbonyl (C=O) groups excluding carboxylic acids is 1. The maximum atomic E-state index is 14.1. The first kappa shape index (κ1) is 24.6. The van der Waals surface area contributed by atoms with E-state index in [1.807, 2.05) is 65.9 Å². The lowest BCUT2D eigenvalue weighted by Gasteiger charge is -2.30. The number of hydrogen-bond donors (Lipinski definition) is 1. The normalized spacial score (nSPS) is 13.6. The monoisotopic (exact) mass is 572 g/mol. The van der Waals surface area contributed by atoms with Gasteiger partial charge < -0.3 is 4.90 Å². The van der Waals surface area contributed by atoms with Crippen molar-refractivity contribution in [3.8, 4) is 5.69 Å². The van der Waals surface area contributed by atoms with E-state index in [0.717, 1.165) is 55.6 Å². The van der Waals surface area contributed by atoms with E-state index < -0.39 is 0 Å². The van der Waals surface area contributed by atoms with Crippen LogP contribution in [0.15, 0.2) is 51.9 Å². The number of aromatic amines is 1. The van der Waals surface area contributed by atoms with Crippen LogP contribution in [0.4, 0.5) is 0 Å². The fourth-order valence-electron chi connectivity index (χ4n) is 5.46. The third kappa shape index (κ3) is 3.96. The fraction of sp³-hybridized carbons (Fsp3) is 0.310. The van der Waals surface area contributed by atoms with E-state index >= 15 is 0 Å². The Morgan fingerprint density at radius 1 is 1.16 bits per heavy atom. The van der Waals surface area contributed by atoms with Crippen molar-refractivity contribution in [1.29, 1.82) is 0 Å². The molecule has 1 amide bonds. The van der Waals surface area contributed by atoms with E-state index in [1.165, 1.54) is 0 Å². The average Bonchev–Trinajstić information content (AvgIpc) is 3.48. The van der Waals surface area contributed by atoms with Crippen LogP contribution in [0, 0.1) is 19.8 Å². The number of hydrogen-bond acceptors (Lipinski definition) is 4. The van der Waals surface area contributed by atoms with Crippen LogP contribution in [0.25, 0.3) is 22.2 Å². The van der Waals surface area contributed by atoms with E-state index in [4.69, 9.17) is 5.10 Å². The summed E-state index contributed by atoms with van der Waals surface area (Å²) in [7, 11) is 0. The van der Waals surface area contributed by atoms with E-state index in [2.05, 4.69) is 40.0 Å². The number of benzene rings is 2. The van der Waals surface area contributed by atoms with Crippen molar-refractivity contribution in [2.45, 2.75) is 47.1 Å².